The van der Waals surface area contributed by atoms with Crippen LogP contribution in [0.3, 0.4) is 0 Å². The van der Waals surface area contributed by atoms with E-state index in [1.54, 1.807) is 6.20 Å². The Morgan fingerprint density at radius 1 is 1.14 bits per heavy atom. The molecule has 2 aliphatic carbocycles. The third-order valence-electron chi connectivity index (χ3n) is 5.05. The molecule has 1 fully saturated rings. The molecule has 0 bridgehead atoms. The van der Waals surface area contributed by atoms with Gasteiger partial charge in [-0.25, -0.2) is 9.97 Å². The summed E-state index contributed by atoms with van der Waals surface area (Å²) >= 11 is 0. The molecule has 2 aromatic heterocycles. The van der Waals surface area contributed by atoms with Crippen molar-refractivity contribution in [1.82, 2.24) is 15.0 Å². The second-order valence-corrected chi connectivity index (χ2v) is 6.51. The van der Waals surface area contributed by atoms with Crippen LogP contribution >= 0.6 is 0 Å². The van der Waals surface area contributed by atoms with E-state index in [1.807, 2.05) is 18.2 Å². The zero-order chi connectivity index (χ0) is 14.9. The number of nitrogens with zero attached hydrogens (tertiary/aromatic N) is 3. The Hall–Kier alpha value is -1.97. The van der Waals surface area contributed by atoms with Crippen LogP contribution in [0.5, 0.6) is 0 Å². The lowest BCUT2D eigenvalue weighted by Gasteiger charge is -2.32. The largest absolute Gasteiger partial charge is 0.367 e. The number of anilines is 1. The van der Waals surface area contributed by atoms with Crippen molar-refractivity contribution in [1.29, 1.82) is 0 Å². The van der Waals surface area contributed by atoms with E-state index in [2.05, 4.69) is 17.2 Å². The summed E-state index contributed by atoms with van der Waals surface area (Å²) in [5.41, 5.74) is 3.39. The van der Waals surface area contributed by atoms with E-state index < -0.39 is 0 Å². The molecule has 2 aliphatic rings. The molecule has 22 heavy (non-hydrogen) atoms. The fourth-order valence-corrected chi connectivity index (χ4v) is 3.43. The number of pyridine rings is 1. The highest BCUT2D eigenvalue weighted by molar-refractivity contribution is 5.58. The van der Waals surface area contributed by atoms with E-state index in [9.17, 15) is 0 Å². The summed E-state index contributed by atoms with van der Waals surface area (Å²) in [6.45, 7) is 2.29. The predicted octanol–water partition coefficient (Wildman–Crippen LogP) is 3.63. The maximum Gasteiger partial charge on any atom is 0.180 e. The third-order valence-corrected chi connectivity index (χ3v) is 5.05. The fraction of sp³-hybridized carbons (Fsp3) is 0.500. The molecule has 114 valence electrons. The smallest absolute Gasteiger partial charge is 0.180 e. The van der Waals surface area contributed by atoms with Gasteiger partial charge in [0.05, 0.1) is 0 Å². The molecule has 0 radical (unpaired) electrons. The Morgan fingerprint density at radius 2 is 2.05 bits per heavy atom. The van der Waals surface area contributed by atoms with Crippen molar-refractivity contribution in [2.45, 2.75) is 51.5 Å². The molecule has 1 atom stereocenters. The molecule has 0 spiro atoms. The Kier molecular flexibility index (Phi) is 3.53. The second kappa shape index (κ2) is 5.67. The maximum atomic E-state index is 4.81. The van der Waals surface area contributed by atoms with Crippen molar-refractivity contribution in [3.05, 3.63) is 35.7 Å². The van der Waals surface area contributed by atoms with Gasteiger partial charge in [-0.05, 0) is 57.1 Å². The van der Waals surface area contributed by atoms with Gasteiger partial charge >= 0.3 is 0 Å². The summed E-state index contributed by atoms with van der Waals surface area (Å²) in [4.78, 5) is 14.0. The van der Waals surface area contributed by atoms with Crippen molar-refractivity contribution < 1.29 is 0 Å². The number of hydrogen-bond acceptors (Lipinski definition) is 4. The van der Waals surface area contributed by atoms with Crippen molar-refractivity contribution >= 4 is 5.82 Å². The predicted molar refractivity (Wildman–Crippen MR) is 87.7 cm³/mol. The van der Waals surface area contributed by atoms with Gasteiger partial charge in [-0.1, -0.05) is 12.5 Å². The van der Waals surface area contributed by atoms with E-state index in [4.69, 9.17) is 9.97 Å². The zero-order valence-corrected chi connectivity index (χ0v) is 13.0. The maximum absolute atomic E-state index is 4.81. The Labute approximate surface area is 131 Å². The van der Waals surface area contributed by atoms with Gasteiger partial charge in [0.15, 0.2) is 5.82 Å². The highest BCUT2D eigenvalue weighted by atomic mass is 15.1. The van der Waals surface area contributed by atoms with Crippen LogP contribution in [-0.4, -0.2) is 21.0 Å². The number of nitrogens with one attached hydrogen (secondary N) is 1. The molecule has 1 N–H and O–H groups in total. The molecule has 0 aromatic carbocycles. The van der Waals surface area contributed by atoms with E-state index in [-0.39, 0.29) is 0 Å². The first-order valence-corrected chi connectivity index (χ1v) is 8.39. The molecule has 0 amide bonds. The molecule has 1 saturated carbocycles. The van der Waals surface area contributed by atoms with Crippen molar-refractivity contribution in [3.63, 3.8) is 0 Å². The highest BCUT2D eigenvalue weighted by Crippen LogP contribution is 2.33. The third kappa shape index (κ3) is 2.47. The molecule has 1 unspecified atom stereocenters. The molecule has 0 aliphatic heterocycles. The van der Waals surface area contributed by atoms with Crippen LogP contribution in [0.2, 0.25) is 0 Å². The van der Waals surface area contributed by atoms with Crippen molar-refractivity contribution in [2.75, 3.05) is 5.32 Å². The lowest BCUT2D eigenvalue weighted by atomic mass is 9.80. The number of aromatic nitrogens is 3. The first-order valence-electron chi connectivity index (χ1n) is 8.39. The summed E-state index contributed by atoms with van der Waals surface area (Å²) in [6, 6.07) is 6.39. The molecule has 2 aromatic rings. The Bertz CT molecular complexity index is 664. The fourth-order valence-electron chi connectivity index (χ4n) is 3.43. The quantitative estimate of drug-likeness (QED) is 0.935. The highest BCUT2D eigenvalue weighted by Gasteiger charge is 2.26. The Balaban J connectivity index is 1.68. The van der Waals surface area contributed by atoms with E-state index in [1.165, 1.54) is 36.9 Å². The zero-order valence-electron chi connectivity index (χ0n) is 13.0. The van der Waals surface area contributed by atoms with Crippen LogP contribution in [0, 0.1) is 5.92 Å². The minimum Gasteiger partial charge on any atom is -0.367 e. The Morgan fingerprint density at radius 3 is 2.77 bits per heavy atom. The van der Waals surface area contributed by atoms with Crippen LogP contribution in [-0.2, 0) is 12.8 Å². The van der Waals surface area contributed by atoms with E-state index in [0.717, 1.165) is 36.1 Å². The normalized spacial score (nSPS) is 18.6. The SMILES string of the molecule is CC(Nc1nc(-c2ccccn2)nc2c1CCC2)C1CCC1. The monoisotopic (exact) mass is 294 g/mol. The minimum atomic E-state index is 0.491. The molecular weight excluding hydrogens is 272 g/mol. The van der Waals surface area contributed by atoms with Gasteiger partial charge in [0.1, 0.15) is 11.5 Å². The number of rotatable bonds is 4. The van der Waals surface area contributed by atoms with Gasteiger partial charge in [0.2, 0.25) is 0 Å². The van der Waals surface area contributed by atoms with Gasteiger partial charge in [-0.2, -0.15) is 0 Å². The summed E-state index contributed by atoms with van der Waals surface area (Å²) in [5.74, 6) is 2.59. The van der Waals surface area contributed by atoms with E-state index >= 15 is 0 Å². The van der Waals surface area contributed by atoms with Gasteiger partial charge < -0.3 is 5.32 Å². The average Bonchev–Trinajstić information content (AvgIpc) is 2.95. The second-order valence-electron chi connectivity index (χ2n) is 6.51. The lowest BCUT2D eigenvalue weighted by molar-refractivity contribution is 0.285. The van der Waals surface area contributed by atoms with Gasteiger partial charge in [-0.15, -0.1) is 0 Å². The topological polar surface area (TPSA) is 50.7 Å². The molecular formula is C18H22N4. The average molecular weight is 294 g/mol. The van der Waals surface area contributed by atoms with Crippen LogP contribution in [0.25, 0.3) is 11.5 Å². The number of fused-ring (bicyclic) bond motifs is 1. The summed E-state index contributed by atoms with van der Waals surface area (Å²) < 4.78 is 0. The van der Waals surface area contributed by atoms with Gasteiger partial charge in [0, 0.05) is 23.5 Å². The number of hydrogen-bond donors (Lipinski definition) is 1. The van der Waals surface area contributed by atoms with Crippen LogP contribution in [0.15, 0.2) is 24.4 Å². The lowest BCUT2D eigenvalue weighted by Crippen LogP contribution is -2.31. The van der Waals surface area contributed by atoms with Crippen molar-refractivity contribution in [3.8, 4) is 11.5 Å². The summed E-state index contributed by atoms with van der Waals surface area (Å²) in [7, 11) is 0. The minimum absolute atomic E-state index is 0.491. The number of aryl methyl sites for hydroxylation is 1. The molecule has 4 nitrogen and oxygen atoms in total. The van der Waals surface area contributed by atoms with Gasteiger partial charge in [-0.3, -0.25) is 4.98 Å². The first-order chi connectivity index (χ1) is 10.8. The first kappa shape index (κ1) is 13.7. The molecule has 0 saturated heterocycles. The molecule has 2 heterocycles. The summed E-state index contributed by atoms with van der Waals surface area (Å²) in [5, 5.41) is 3.68. The van der Waals surface area contributed by atoms with Crippen LogP contribution in [0.1, 0.15) is 43.9 Å². The summed E-state index contributed by atoms with van der Waals surface area (Å²) in [6.07, 6.45) is 9.20. The molecule has 4 heteroatoms. The van der Waals surface area contributed by atoms with Gasteiger partial charge in [0.25, 0.3) is 0 Å². The van der Waals surface area contributed by atoms with Crippen LogP contribution in [0.4, 0.5) is 5.82 Å². The van der Waals surface area contributed by atoms with E-state index in [0.29, 0.717) is 6.04 Å². The molecule has 4 rings (SSSR count). The van der Waals surface area contributed by atoms with Crippen molar-refractivity contribution in [2.24, 2.45) is 5.92 Å². The standard InChI is InChI=1S/C18H22N4/c1-12(13-6-4-7-13)20-17-14-8-5-10-15(14)21-18(22-17)16-9-2-3-11-19-16/h2-3,9,11-13H,4-8,10H2,1H3,(H,20,21,22). The van der Waals surface area contributed by atoms with Crippen LogP contribution < -0.4 is 5.32 Å².